The molecule has 0 spiro atoms. The second-order valence-corrected chi connectivity index (χ2v) is 11.1. The van der Waals surface area contributed by atoms with Crippen LogP contribution in [0.3, 0.4) is 0 Å². The Morgan fingerprint density at radius 1 is 1.27 bits per heavy atom. The summed E-state index contributed by atoms with van der Waals surface area (Å²) < 4.78 is 11.7. The largest absolute Gasteiger partial charge is 0.446 e. The third-order valence-corrected chi connectivity index (χ3v) is 8.37. The molecule has 1 aromatic rings. The summed E-state index contributed by atoms with van der Waals surface area (Å²) in [6.45, 7) is 5.63. The average Bonchev–Trinajstić information content (AvgIpc) is 3.55. The molecule has 37 heavy (non-hydrogen) atoms. The summed E-state index contributed by atoms with van der Waals surface area (Å²) in [5.74, 6) is -0.440. The highest BCUT2D eigenvalue weighted by Gasteiger charge is 2.57. The molecule has 3 heterocycles. The number of benzene rings is 1. The lowest BCUT2D eigenvalue weighted by atomic mass is 9.84. The van der Waals surface area contributed by atoms with Crippen molar-refractivity contribution >= 4 is 29.3 Å². The molecule has 2 saturated heterocycles. The number of halogens is 1. The molecule has 3 aliphatic heterocycles. The summed E-state index contributed by atoms with van der Waals surface area (Å²) in [6.07, 6.45) is 6.68. The Balaban J connectivity index is 1.68. The van der Waals surface area contributed by atoms with Crippen molar-refractivity contribution in [2.75, 3.05) is 18.6 Å². The number of nitrogens with one attached hydrogen (secondary N) is 1. The van der Waals surface area contributed by atoms with Crippen LogP contribution in [-0.4, -0.2) is 59.7 Å². The molecule has 9 heteroatoms. The van der Waals surface area contributed by atoms with Gasteiger partial charge in [-0.2, -0.15) is 0 Å². The zero-order valence-corrected chi connectivity index (χ0v) is 22.6. The van der Waals surface area contributed by atoms with E-state index in [1.807, 2.05) is 51.1 Å². The van der Waals surface area contributed by atoms with Crippen LogP contribution in [0.25, 0.3) is 0 Å². The first-order valence-electron chi connectivity index (χ1n) is 12.8. The Kier molecular flexibility index (Phi) is 8.33. The fourth-order valence-corrected chi connectivity index (χ4v) is 5.81. The van der Waals surface area contributed by atoms with Crippen LogP contribution in [-0.2, 0) is 27.3 Å². The predicted octanol–water partition coefficient (Wildman–Crippen LogP) is 3.90. The van der Waals surface area contributed by atoms with Crippen LogP contribution in [0.15, 0.2) is 35.9 Å². The highest BCUT2D eigenvalue weighted by molar-refractivity contribution is 6.34. The maximum absolute atomic E-state index is 13.2. The van der Waals surface area contributed by atoms with Gasteiger partial charge in [-0.05, 0) is 43.9 Å². The van der Waals surface area contributed by atoms with Crippen LogP contribution >= 0.6 is 11.6 Å². The van der Waals surface area contributed by atoms with Gasteiger partial charge in [0, 0.05) is 37.8 Å². The Labute approximate surface area is 223 Å². The fraction of sp³-hybridized carbons (Fsp3) is 0.571. The van der Waals surface area contributed by atoms with Crippen molar-refractivity contribution in [3.63, 3.8) is 0 Å². The third-order valence-electron chi connectivity index (χ3n) is 7.93. The topological polar surface area (TPSA) is 112 Å². The van der Waals surface area contributed by atoms with E-state index in [-0.39, 0.29) is 55.6 Å². The van der Waals surface area contributed by atoms with Crippen LogP contribution < -0.4 is 10.2 Å². The molecular formula is C28H37ClN2O6. The second-order valence-electron chi connectivity index (χ2n) is 10.8. The van der Waals surface area contributed by atoms with Gasteiger partial charge >= 0.3 is 6.09 Å². The Morgan fingerprint density at radius 2 is 2.03 bits per heavy atom. The number of ether oxygens (including phenoxy) is 2. The van der Waals surface area contributed by atoms with Crippen LogP contribution in [0, 0.1) is 11.8 Å². The van der Waals surface area contributed by atoms with Gasteiger partial charge in [0.05, 0.1) is 35.6 Å². The Hall–Kier alpha value is -2.39. The molecular weight excluding hydrogens is 496 g/mol. The molecule has 8 nitrogen and oxygen atoms in total. The van der Waals surface area contributed by atoms with Crippen molar-refractivity contribution in [1.82, 2.24) is 5.32 Å². The van der Waals surface area contributed by atoms with E-state index in [1.54, 1.807) is 11.9 Å². The van der Waals surface area contributed by atoms with Gasteiger partial charge in [0.25, 0.3) is 0 Å². The zero-order valence-electron chi connectivity index (χ0n) is 21.9. The molecule has 0 saturated carbocycles. The normalized spacial score (nSPS) is 35.1. The first-order valence-corrected chi connectivity index (χ1v) is 13.2. The maximum Gasteiger partial charge on any atom is 0.407 e. The highest BCUT2D eigenvalue weighted by Crippen LogP contribution is 2.47. The number of epoxide rings is 1. The highest BCUT2D eigenvalue weighted by atomic mass is 35.5. The number of rotatable bonds is 2. The quantitative estimate of drug-likeness (QED) is 0.498. The first kappa shape index (κ1) is 27.6. The van der Waals surface area contributed by atoms with E-state index >= 15 is 0 Å². The lowest BCUT2D eigenvalue weighted by Crippen LogP contribution is -2.52. The van der Waals surface area contributed by atoms with Crippen molar-refractivity contribution < 1.29 is 29.3 Å². The van der Waals surface area contributed by atoms with Crippen molar-refractivity contribution in [3.05, 3.63) is 52.1 Å². The number of anilines is 1. The Morgan fingerprint density at radius 3 is 2.73 bits per heavy atom. The van der Waals surface area contributed by atoms with E-state index in [0.717, 1.165) is 11.1 Å². The molecule has 0 radical (unpaired) electrons. The monoisotopic (exact) mass is 532 g/mol. The van der Waals surface area contributed by atoms with E-state index in [2.05, 4.69) is 5.32 Å². The van der Waals surface area contributed by atoms with Gasteiger partial charge in [-0.1, -0.05) is 48.4 Å². The SMILES string of the molecule is C/C1=C\C=C\[C@@H](CO)C2C[C@H](OC(=O)N2)[C@@H](C)[C@@H]2O[C@@]2(C)CCC(=O)N(C)c2cc(cc(CO)c2Cl)C1. The summed E-state index contributed by atoms with van der Waals surface area (Å²) in [7, 11) is 1.70. The number of allylic oxidation sites excluding steroid dienone is 3. The van der Waals surface area contributed by atoms with Gasteiger partial charge in [-0.25, -0.2) is 4.79 Å². The molecule has 3 aliphatic rings. The molecule has 0 aromatic heterocycles. The molecule has 202 valence electrons. The number of carbonyl (C=O) groups excluding carboxylic acids is 2. The number of hydrogen-bond donors (Lipinski definition) is 3. The number of amides is 2. The molecule has 0 aliphatic carbocycles. The number of aliphatic hydroxyl groups is 2. The van der Waals surface area contributed by atoms with Gasteiger partial charge < -0.3 is 29.9 Å². The van der Waals surface area contributed by atoms with Gasteiger partial charge in [0.15, 0.2) is 0 Å². The minimum absolute atomic E-state index is 0.0721. The molecule has 2 amide bonds. The second kappa shape index (κ2) is 11.2. The number of aliphatic hydroxyl groups excluding tert-OH is 2. The minimum Gasteiger partial charge on any atom is -0.446 e. The van der Waals surface area contributed by atoms with Crippen molar-refractivity contribution in [1.29, 1.82) is 0 Å². The molecule has 6 atom stereocenters. The van der Waals surface area contributed by atoms with Crippen molar-refractivity contribution in [2.24, 2.45) is 11.8 Å². The number of alkyl carbamates (subject to hydrolysis) is 1. The van der Waals surface area contributed by atoms with E-state index < -0.39 is 11.7 Å². The van der Waals surface area contributed by atoms with E-state index in [9.17, 15) is 19.8 Å². The van der Waals surface area contributed by atoms with E-state index in [4.69, 9.17) is 21.1 Å². The van der Waals surface area contributed by atoms with Crippen LogP contribution in [0.4, 0.5) is 10.5 Å². The number of nitrogens with zero attached hydrogens (tertiary/aromatic N) is 1. The van der Waals surface area contributed by atoms with Crippen LogP contribution in [0.5, 0.6) is 0 Å². The van der Waals surface area contributed by atoms with Crippen molar-refractivity contribution in [2.45, 2.75) is 76.9 Å². The molecule has 3 N–H and O–H groups in total. The van der Waals surface area contributed by atoms with Gasteiger partial charge in [0.2, 0.25) is 5.91 Å². The summed E-state index contributed by atoms with van der Waals surface area (Å²) >= 11 is 6.57. The molecule has 2 fully saturated rings. The van der Waals surface area contributed by atoms with Crippen LogP contribution in [0.1, 0.15) is 51.2 Å². The lowest BCUT2D eigenvalue weighted by Gasteiger charge is -2.35. The van der Waals surface area contributed by atoms with Crippen molar-refractivity contribution in [3.8, 4) is 0 Å². The number of carbonyl (C=O) groups is 2. The molecule has 1 aromatic carbocycles. The van der Waals surface area contributed by atoms with Gasteiger partial charge in [-0.15, -0.1) is 0 Å². The Bertz CT molecular complexity index is 1100. The van der Waals surface area contributed by atoms with Gasteiger partial charge in [0.1, 0.15) is 6.10 Å². The van der Waals surface area contributed by atoms with E-state index in [1.165, 1.54) is 0 Å². The molecule has 1 unspecified atom stereocenters. The first-order chi connectivity index (χ1) is 17.6. The smallest absolute Gasteiger partial charge is 0.407 e. The van der Waals surface area contributed by atoms with Crippen LogP contribution in [0.2, 0.25) is 5.02 Å². The standard InChI is InChI=1S/C28H37ClN2O6/c1-16-6-5-7-19(14-32)21-13-23(36-27(35)30-21)17(2)26-28(3,37-26)9-8-24(34)31(4)22-12-18(10-16)11-20(15-33)25(22)29/h5-7,11-12,17,19,21,23,26,32-33H,8-10,13-15H2,1-4H3,(H,30,35)/b7-5+,16-6+/t17-,19+,21?,23+,26+,28+/m1/s1. The van der Waals surface area contributed by atoms with Gasteiger partial charge in [-0.3, -0.25) is 4.79 Å². The fourth-order valence-electron chi connectivity index (χ4n) is 5.52. The third kappa shape index (κ3) is 6.03. The average molecular weight is 533 g/mol. The predicted molar refractivity (Wildman–Crippen MR) is 141 cm³/mol. The van der Waals surface area contributed by atoms with E-state index in [0.29, 0.717) is 35.5 Å². The summed E-state index contributed by atoms with van der Waals surface area (Å²) in [6, 6.07) is 3.48. The number of fused-ring (bicyclic) bond motifs is 5. The molecule has 4 rings (SSSR count). The maximum atomic E-state index is 13.2. The summed E-state index contributed by atoms with van der Waals surface area (Å²) in [5, 5.41) is 23.2. The lowest BCUT2D eigenvalue weighted by molar-refractivity contribution is -0.118. The number of hydrogen-bond acceptors (Lipinski definition) is 6. The zero-order chi connectivity index (χ0) is 26.9. The summed E-state index contributed by atoms with van der Waals surface area (Å²) in [5.41, 5.74) is 2.61. The minimum atomic E-state index is -0.495. The molecule has 4 bridgehead atoms. The summed E-state index contributed by atoms with van der Waals surface area (Å²) in [4.78, 5) is 27.1.